The smallest absolute Gasteiger partial charge is 0.269 e. The zero-order valence-electron chi connectivity index (χ0n) is 12.2. The fourth-order valence-corrected chi connectivity index (χ4v) is 1.48. The van der Waals surface area contributed by atoms with E-state index in [1.165, 1.54) is 24.3 Å². The SMILES string of the molecule is CC(C)OCCCNC(=O)COc1ccc([N+](=O)[O-])cc1. The average Bonchev–Trinajstić information content (AvgIpc) is 2.44. The Hall–Kier alpha value is -2.15. The number of amides is 1. The van der Waals surface area contributed by atoms with Crippen molar-refractivity contribution in [3.8, 4) is 5.75 Å². The van der Waals surface area contributed by atoms with Crippen LogP contribution in [0.15, 0.2) is 24.3 Å². The molecule has 0 fully saturated rings. The molecule has 0 atom stereocenters. The highest BCUT2D eigenvalue weighted by molar-refractivity contribution is 5.77. The van der Waals surface area contributed by atoms with E-state index in [1.807, 2.05) is 13.8 Å². The Morgan fingerprint density at radius 2 is 2.00 bits per heavy atom. The van der Waals surface area contributed by atoms with E-state index in [9.17, 15) is 14.9 Å². The molecule has 7 nitrogen and oxygen atoms in total. The lowest BCUT2D eigenvalue weighted by atomic mass is 10.3. The molecule has 0 aliphatic rings. The number of ether oxygens (including phenoxy) is 2. The lowest BCUT2D eigenvalue weighted by Gasteiger charge is -2.09. The summed E-state index contributed by atoms with van der Waals surface area (Å²) in [4.78, 5) is 21.5. The maximum absolute atomic E-state index is 11.5. The summed E-state index contributed by atoms with van der Waals surface area (Å²) < 4.78 is 10.6. The van der Waals surface area contributed by atoms with Crippen LogP contribution in [-0.4, -0.2) is 36.7 Å². The highest BCUT2D eigenvalue weighted by Crippen LogP contribution is 2.16. The van der Waals surface area contributed by atoms with Crippen molar-refractivity contribution in [1.29, 1.82) is 0 Å². The Balaban J connectivity index is 2.19. The Labute approximate surface area is 123 Å². The number of non-ortho nitro benzene ring substituents is 1. The van der Waals surface area contributed by atoms with Crippen molar-refractivity contribution in [3.05, 3.63) is 34.4 Å². The second-order valence-electron chi connectivity index (χ2n) is 4.66. The molecule has 0 aliphatic carbocycles. The maximum Gasteiger partial charge on any atom is 0.269 e. The normalized spacial score (nSPS) is 10.4. The minimum absolute atomic E-state index is 0.0167. The van der Waals surface area contributed by atoms with Gasteiger partial charge in [0.15, 0.2) is 6.61 Å². The Kier molecular flexibility index (Phi) is 7.17. The van der Waals surface area contributed by atoms with Crippen molar-refractivity contribution >= 4 is 11.6 Å². The molecule has 0 aliphatic heterocycles. The number of nitrogens with one attached hydrogen (secondary N) is 1. The van der Waals surface area contributed by atoms with E-state index in [1.54, 1.807) is 0 Å². The van der Waals surface area contributed by atoms with Gasteiger partial charge in [-0.15, -0.1) is 0 Å². The number of nitro benzene ring substituents is 1. The number of nitrogens with zero attached hydrogens (tertiary/aromatic N) is 1. The van der Waals surface area contributed by atoms with E-state index in [0.29, 0.717) is 18.9 Å². The van der Waals surface area contributed by atoms with Crippen LogP contribution in [-0.2, 0) is 9.53 Å². The lowest BCUT2D eigenvalue weighted by molar-refractivity contribution is -0.384. The number of rotatable bonds is 9. The fraction of sp³-hybridized carbons (Fsp3) is 0.500. The molecule has 0 heterocycles. The zero-order chi connectivity index (χ0) is 15.7. The molecular formula is C14H20N2O5. The van der Waals surface area contributed by atoms with Gasteiger partial charge in [-0.05, 0) is 32.4 Å². The summed E-state index contributed by atoms with van der Waals surface area (Å²) in [7, 11) is 0. The van der Waals surface area contributed by atoms with Gasteiger partial charge >= 0.3 is 0 Å². The molecule has 21 heavy (non-hydrogen) atoms. The van der Waals surface area contributed by atoms with Crippen molar-refractivity contribution in [2.24, 2.45) is 0 Å². The van der Waals surface area contributed by atoms with Crippen molar-refractivity contribution in [2.45, 2.75) is 26.4 Å². The summed E-state index contributed by atoms with van der Waals surface area (Å²) >= 11 is 0. The van der Waals surface area contributed by atoms with E-state index >= 15 is 0 Å². The Morgan fingerprint density at radius 3 is 2.57 bits per heavy atom. The van der Waals surface area contributed by atoms with Gasteiger partial charge in [0.2, 0.25) is 0 Å². The van der Waals surface area contributed by atoms with Gasteiger partial charge in [-0.2, -0.15) is 0 Å². The zero-order valence-corrected chi connectivity index (χ0v) is 12.2. The Bertz CT molecular complexity index is 459. The predicted octanol–water partition coefficient (Wildman–Crippen LogP) is 1.90. The molecule has 116 valence electrons. The average molecular weight is 296 g/mol. The van der Waals surface area contributed by atoms with Crippen LogP contribution in [0.4, 0.5) is 5.69 Å². The third-order valence-electron chi connectivity index (χ3n) is 2.51. The molecule has 1 amide bonds. The number of carbonyl (C=O) groups is 1. The van der Waals surface area contributed by atoms with Crippen molar-refractivity contribution in [3.63, 3.8) is 0 Å². The van der Waals surface area contributed by atoms with Crippen LogP contribution in [0.2, 0.25) is 0 Å². The summed E-state index contributed by atoms with van der Waals surface area (Å²) in [5, 5.41) is 13.2. The molecular weight excluding hydrogens is 276 g/mol. The molecule has 0 aromatic heterocycles. The third-order valence-corrected chi connectivity index (χ3v) is 2.51. The number of carbonyl (C=O) groups excluding carboxylic acids is 1. The van der Waals surface area contributed by atoms with E-state index in [-0.39, 0.29) is 24.3 Å². The first kappa shape index (κ1) is 16.9. The summed E-state index contributed by atoms with van der Waals surface area (Å²) in [5.74, 6) is 0.178. The van der Waals surface area contributed by atoms with Crippen LogP contribution < -0.4 is 10.1 Å². The van der Waals surface area contributed by atoms with Gasteiger partial charge in [-0.3, -0.25) is 14.9 Å². The molecule has 1 aromatic carbocycles. The van der Waals surface area contributed by atoms with Gasteiger partial charge in [0.25, 0.3) is 11.6 Å². The molecule has 0 spiro atoms. The van der Waals surface area contributed by atoms with Crippen molar-refractivity contribution in [1.82, 2.24) is 5.32 Å². The first-order valence-electron chi connectivity index (χ1n) is 6.74. The van der Waals surface area contributed by atoms with Crippen molar-refractivity contribution < 1.29 is 19.2 Å². The number of benzene rings is 1. The van der Waals surface area contributed by atoms with Gasteiger partial charge in [0.1, 0.15) is 5.75 Å². The monoisotopic (exact) mass is 296 g/mol. The summed E-state index contributed by atoms with van der Waals surface area (Å²) in [5.41, 5.74) is -0.0167. The topological polar surface area (TPSA) is 90.7 Å². The molecule has 0 bridgehead atoms. The standard InChI is InChI=1S/C14H20N2O5/c1-11(2)20-9-3-8-15-14(17)10-21-13-6-4-12(5-7-13)16(18)19/h4-7,11H,3,8-10H2,1-2H3,(H,15,17). The summed E-state index contributed by atoms with van der Waals surface area (Å²) in [6.07, 6.45) is 0.924. The van der Waals surface area contributed by atoms with Crippen LogP contribution >= 0.6 is 0 Å². The highest BCUT2D eigenvalue weighted by Gasteiger charge is 2.06. The summed E-state index contributed by atoms with van der Waals surface area (Å²) in [6, 6.07) is 5.58. The molecule has 7 heteroatoms. The van der Waals surface area contributed by atoms with E-state index in [4.69, 9.17) is 9.47 Å². The van der Waals surface area contributed by atoms with Gasteiger partial charge < -0.3 is 14.8 Å². The van der Waals surface area contributed by atoms with Crippen LogP contribution in [0, 0.1) is 10.1 Å². The van der Waals surface area contributed by atoms with Crippen LogP contribution in [0.5, 0.6) is 5.75 Å². The molecule has 0 saturated heterocycles. The molecule has 1 aromatic rings. The number of nitro groups is 1. The first-order chi connectivity index (χ1) is 9.99. The number of hydrogen-bond acceptors (Lipinski definition) is 5. The molecule has 0 radical (unpaired) electrons. The minimum atomic E-state index is -0.490. The minimum Gasteiger partial charge on any atom is -0.484 e. The van der Waals surface area contributed by atoms with E-state index < -0.39 is 4.92 Å². The van der Waals surface area contributed by atoms with Crippen molar-refractivity contribution in [2.75, 3.05) is 19.8 Å². The molecule has 1 N–H and O–H groups in total. The van der Waals surface area contributed by atoms with Gasteiger partial charge in [0, 0.05) is 25.3 Å². The number of hydrogen-bond donors (Lipinski definition) is 1. The second kappa shape index (κ2) is 8.91. The Morgan fingerprint density at radius 1 is 1.33 bits per heavy atom. The molecule has 0 saturated carbocycles. The van der Waals surface area contributed by atoms with Gasteiger partial charge in [-0.25, -0.2) is 0 Å². The van der Waals surface area contributed by atoms with Gasteiger partial charge in [0.05, 0.1) is 11.0 Å². The quantitative estimate of drug-likeness (QED) is 0.427. The lowest BCUT2D eigenvalue weighted by Crippen LogP contribution is -2.30. The molecule has 0 unspecified atom stereocenters. The van der Waals surface area contributed by atoms with Crippen LogP contribution in [0.3, 0.4) is 0 Å². The fourth-order valence-electron chi connectivity index (χ4n) is 1.48. The van der Waals surface area contributed by atoms with Gasteiger partial charge in [-0.1, -0.05) is 0 Å². The maximum atomic E-state index is 11.5. The summed E-state index contributed by atoms with van der Waals surface area (Å²) in [6.45, 7) is 4.91. The molecule has 1 rings (SSSR count). The first-order valence-corrected chi connectivity index (χ1v) is 6.74. The predicted molar refractivity (Wildman–Crippen MR) is 77.3 cm³/mol. The van der Waals surface area contributed by atoms with E-state index in [0.717, 1.165) is 6.42 Å². The van der Waals surface area contributed by atoms with Crippen LogP contribution in [0.1, 0.15) is 20.3 Å². The van der Waals surface area contributed by atoms with Crippen LogP contribution in [0.25, 0.3) is 0 Å². The highest BCUT2D eigenvalue weighted by atomic mass is 16.6. The largest absolute Gasteiger partial charge is 0.484 e. The van der Waals surface area contributed by atoms with E-state index in [2.05, 4.69) is 5.32 Å². The second-order valence-corrected chi connectivity index (χ2v) is 4.66. The third kappa shape index (κ3) is 7.26.